The first-order chi connectivity index (χ1) is 11.9. The molecule has 0 bridgehead atoms. The van der Waals surface area contributed by atoms with Gasteiger partial charge in [0.1, 0.15) is 5.76 Å². The van der Waals surface area contributed by atoms with Gasteiger partial charge in [0.05, 0.1) is 18.7 Å². The lowest BCUT2D eigenvalue weighted by Gasteiger charge is -2.25. The highest BCUT2D eigenvalue weighted by molar-refractivity contribution is 5.79. The van der Waals surface area contributed by atoms with E-state index in [1.54, 1.807) is 23.9 Å². The summed E-state index contributed by atoms with van der Waals surface area (Å²) in [5, 5.41) is 3.98. The Balaban J connectivity index is 1.73. The molecule has 1 aliphatic carbocycles. The van der Waals surface area contributed by atoms with Crippen molar-refractivity contribution < 1.29 is 14.1 Å². The van der Waals surface area contributed by atoms with Crippen LogP contribution in [0.25, 0.3) is 0 Å². The molecule has 1 aromatic heterocycles. The van der Waals surface area contributed by atoms with Crippen LogP contribution in [0.3, 0.4) is 0 Å². The zero-order valence-corrected chi connectivity index (χ0v) is 15.8. The average molecular weight is 350 g/mol. The minimum atomic E-state index is -0.0137. The molecule has 1 aliphatic rings. The monoisotopic (exact) mass is 350 g/mol. The van der Waals surface area contributed by atoms with Crippen molar-refractivity contribution in [2.75, 3.05) is 46.8 Å². The quantitative estimate of drug-likeness (QED) is 0.637. The van der Waals surface area contributed by atoms with Gasteiger partial charge in [-0.15, -0.1) is 0 Å². The first kappa shape index (κ1) is 19.4. The summed E-state index contributed by atoms with van der Waals surface area (Å²) in [5.74, 6) is 1.46. The average Bonchev–Trinajstić information content (AvgIpc) is 3.36. The van der Waals surface area contributed by atoms with Crippen molar-refractivity contribution in [1.82, 2.24) is 19.9 Å². The third kappa shape index (κ3) is 5.85. The molecule has 0 N–H and O–H groups in total. The number of aromatic nitrogens is 1. The third-order valence-electron chi connectivity index (χ3n) is 4.76. The minimum absolute atomic E-state index is 0.0137. The summed E-state index contributed by atoms with van der Waals surface area (Å²) in [6, 6.07) is 1.89. The van der Waals surface area contributed by atoms with Crippen LogP contribution in [-0.4, -0.2) is 78.5 Å². The Kier molecular flexibility index (Phi) is 6.99. The van der Waals surface area contributed by atoms with Crippen LogP contribution >= 0.6 is 0 Å². The van der Waals surface area contributed by atoms with Gasteiger partial charge in [0.15, 0.2) is 0 Å². The summed E-state index contributed by atoms with van der Waals surface area (Å²) in [4.78, 5) is 29.9. The highest BCUT2D eigenvalue weighted by Crippen LogP contribution is 2.40. The number of likely N-dealkylation sites (N-methyl/N-ethyl adjacent to an activating group) is 3. The van der Waals surface area contributed by atoms with Crippen LogP contribution < -0.4 is 0 Å². The fourth-order valence-electron chi connectivity index (χ4n) is 2.57. The molecule has 1 aromatic rings. The molecule has 0 spiro atoms. The lowest BCUT2D eigenvalue weighted by molar-refractivity contribution is -0.133. The van der Waals surface area contributed by atoms with Crippen molar-refractivity contribution >= 4 is 11.8 Å². The largest absolute Gasteiger partial charge is 0.361 e. The van der Waals surface area contributed by atoms with Gasteiger partial charge in [-0.25, -0.2) is 0 Å². The summed E-state index contributed by atoms with van der Waals surface area (Å²) < 4.78 is 5.28. The van der Waals surface area contributed by atoms with E-state index in [4.69, 9.17) is 4.52 Å². The zero-order chi connectivity index (χ0) is 18.4. The van der Waals surface area contributed by atoms with E-state index in [2.05, 4.69) is 10.1 Å². The molecule has 0 unspecified atom stereocenters. The van der Waals surface area contributed by atoms with Crippen LogP contribution in [0.15, 0.2) is 10.6 Å². The molecule has 140 valence electrons. The Hall–Kier alpha value is -1.89. The second-order valence-corrected chi connectivity index (χ2v) is 6.76. The lowest BCUT2D eigenvalue weighted by Crippen LogP contribution is -2.42. The fraction of sp³-hybridized carbons (Fsp3) is 0.722. The van der Waals surface area contributed by atoms with E-state index in [9.17, 15) is 9.59 Å². The van der Waals surface area contributed by atoms with Gasteiger partial charge in [0, 0.05) is 39.2 Å². The smallest absolute Gasteiger partial charge is 0.236 e. The van der Waals surface area contributed by atoms with Gasteiger partial charge in [0.2, 0.25) is 11.8 Å². The SMILES string of the molecule is CCN(CC)CC(=O)N(C)CCN(C)C(=O)Cc1cc(C2CC2)on1. The van der Waals surface area contributed by atoms with Gasteiger partial charge >= 0.3 is 0 Å². The van der Waals surface area contributed by atoms with E-state index in [0.29, 0.717) is 31.2 Å². The summed E-state index contributed by atoms with van der Waals surface area (Å²) in [6.45, 7) is 7.25. The van der Waals surface area contributed by atoms with E-state index in [1.165, 1.54) is 0 Å². The summed E-state index contributed by atoms with van der Waals surface area (Å²) in [6.07, 6.45) is 2.54. The van der Waals surface area contributed by atoms with Crippen LogP contribution in [0.4, 0.5) is 0 Å². The molecule has 2 rings (SSSR count). The summed E-state index contributed by atoms with van der Waals surface area (Å²) >= 11 is 0. The van der Waals surface area contributed by atoms with E-state index >= 15 is 0 Å². The number of hydrogen-bond donors (Lipinski definition) is 0. The highest BCUT2D eigenvalue weighted by atomic mass is 16.5. The molecule has 0 aromatic carbocycles. The first-order valence-electron chi connectivity index (χ1n) is 9.10. The van der Waals surface area contributed by atoms with Crippen molar-refractivity contribution in [1.29, 1.82) is 0 Å². The lowest BCUT2D eigenvalue weighted by atomic mass is 10.2. The topological polar surface area (TPSA) is 69.9 Å². The van der Waals surface area contributed by atoms with E-state index in [-0.39, 0.29) is 18.2 Å². The zero-order valence-electron chi connectivity index (χ0n) is 15.8. The van der Waals surface area contributed by atoms with Gasteiger partial charge < -0.3 is 14.3 Å². The van der Waals surface area contributed by atoms with Crippen LogP contribution in [0.1, 0.15) is 44.1 Å². The number of hydrogen-bond acceptors (Lipinski definition) is 5. The number of carbonyl (C=O) groups is 2. The van der Waals surface area contributed by atoms with E-state index in [1.807, 2.05) is 19.9 Å². The van der Waals surface area contributed by atoms with Gasteiger partial charge in [0.25, 0.3) is 0 Å². The van der Waals surface area contributed by atoms with Gasteiger partial charge in [-0.1, -0.05) is 19.0 Å². The molecule has 0 saturated heterocycles. The Morgan fingerprint density at radius 1 is 1.12 bits per heavy atom. The molecular formula is C18H30N4O3. The Morgan fingerprint density at radius 2 is 1.72 bits per heavy atom. The molecule has 1 saturated carbocycles. The normalized spacial score (nSPS) is 14.0. The Labute approximate surface area is 149 Å². The van der Waals surface area contributed by atoms with E-state index in [0.717, 1.165) is 31.7 Å². The maximum absolute atomic E-state index is 12.3. The summed E-state index contributed by atoms with van der Waals surface area (Å²) in [5.41, 5.74) is 0.685. The van der Waals surface area contributed by atoms with Gasteiger partial charge in [-0.3, -0.25) is 14.5 Å². The predicted molar refractivity (Wildman–Crippen MR) is 95.2 cm³/mol. The first-order valence-corrected chi connectivity index (χ1v) is 9.10. The molecule has 7 nitrogen and oxygen atoms in total. The van der Waals surface area contributed by atoms with Crippen molar-refractivity contribution in [3.8, 4) is 0 Å². The Morgan fingerprint density at radius 3 is 2.28 bits per heavy atom. The van der Waals surface area contributed by atoms with Crippen molar-refractivity contribution in [3.05, 3.63) is 17.5 Å². The number of rotatable bonds is 10. The van der Waals surface area contributed by atoms with Crippen molar-refractivity contribution in [2.24, 2.45) is 0 Å². The molecule has 1 heterocycles. The van der Waals surface area contributed by atoms with Crippen LogP contribution in [0, 0.1) is 0 Å². The highest BCUT2D eigenvalue weighted by Gasteiger charge is 2.28. The molecule has 0 atom stereocenters. The fourth-order valence-corrected chi connectivity index (χ4v) is 2.57. The standard InChI is InChI=1S/C18H30N4O3/c1-5-22(6-2)13-18(24)21(4)10-9-20(3)17(23)12-15-11-16(25-19-15)14-7-8-14/h11,14H,5-10,12-13H2,1-4H3. The molecule has 2 amide bonds. The minimum Gasteiger partial charge on any atom is -0.361 e. The molecule has 0 radical (unpaired) electrons. The molecular weight excluding hydrogens is 320 g/mol. The number of carbonyl (C=O) groups excluding carboxylic acids is 2. The maximum atomic E-state index is 12.3. The van der Waals surface area contributed by atoms with Crippen LogP contribution in [0.2, 0.25) is 0 Å². The van der Waals surface area contributed by atoms with E-state index < -0.39 is 0 Å². The third-order valence-corrected chi connectivity index (χ3v) is 4.76. The van der Waals surface area contributed by atoms with Crippen LogP contribution in [-0.2, 0) is 16.0 Å². The second-order valence-electron chi connectivity index (χ2n) is 6.76. The molecule has 1 fully saturated rings. The Bertz CT molecular complexity index is 579. The molecule has 7 heteroatoms. The van der Waals surface area contributed by atoms with Crippen molar-refractivity contribution in [2.45, 2.75) is 39.0 Å². The van der Waals surface area contributed by atoms with Gasteiger partial charge in [-0.2, -0.15) is 0 Å². The maximum Gasteiger partial charge on any atom is 0.236 e. The summed E-state index contributed by atoms with van der Waals surface area (Å²) in [7, 11) is 3.54. The van der Waals surface area contributed by atoms with Crippen molar-refractivity contribution in [3.63, 3.8) is 0 Å². The van der Waals surface area contributed by atoms with Gasteiger partial charge in [-0.05, 0) is 25.9 Å². The number of amides is 2. The second kappa shape index (κ2) is 8.99. The van der Waals surface area contributed by atoms with Crippen LogP contribution in [0.5, 0.6) is 0 Å². The number of nitrogens with zero attached hydrogens (tertiary/aromatic N) is 4. The molecule has 0 aliphatic heterocycles. The molecule has 25 heavy (non-hydrogen) atoms. The predicted octanol–water partition coefficient (Wildman–Crippen LogP) is 1.35.